The molecular weight excluding hydrogens is 526 g/mol. The van der Waals surface area contributed by atoms with Gasteiger partial charge in [0.2, 0.25) is 12.2 Å². The van der Waals surface area contributed by atoms with Crippen molar-refractivity contribution in [2.24, 2.45) is 0 Å². The van der Waals surface area contributed by atoms with E-state index in [-0.39, 0.29) is 13.0 Å². The quantitative estimate of drug-likeness (QED) is 0.241. The molecule has 0 saturated carbocycles. The summed E-state index contributed by atoms with van der Waals surface area (Å²) in [5.41, 5.74) is 0.842. The molecular formula is C25H32ClNO11. The normalized spacial score (nSPS) is 22.5. The number of benzene rings is 1. The van der Waals surface area contributed by atoms with E-state index in [0.29, 0.717) is 17.2 Å². The van der Waals surface area contributed by atoms with Gasteiger partial charge in [0.1, 0.15) is 24.5 Å². The number of ether oxygens (including phenoxy) is 6. The molecule has 1 aromatic rings. The Labute approximate surface area is 225 Å². The van der Waals surface area contributed by atoms with Gasteiger partial charge in [-0.25, -0.2) is 0 Å². The number of hydrogen-bond donors (Lipinski definition) is 1. The Bertz CT molecular complexity index is 1030. The number of nitrogens with one attached hydrogen (secondary N) is 1. The molecule has 0 spiro atoms. The van der Waals surface area contributed by atoms with Crippen LogP contribution in [-0.2, 0) is 47.7 Å². The molecule has 1 aliphatic heterocycles. The second-order valence-corrected chi connectivity index (χ2v) is 8.99. The first-order valence-corrected chi connectivity index (χ1v) is 12.2. The molecule has 0 radical (unpaired) electrons. The summed E-state index contributed by atoms with van der Waals surface area (Å²) in [7, 11) is 0. The van der Waals surface area contributed by atoms with E-state index in [1.807, 2.05) is 6.92 Å². The van der Waals surface area contributed by atoms with Crippen LogP contribution in [0, 0.1) is 6.92 Å². The van der Waals surface area contributed by atoms with Crippen LogP contribution in [0.2, 0.25) is 5.02 Å². The molecule has 1 N–H and O–H groups in total. The zero-order valence-corrected chi connectivity index (χ0v) is 22.6. The summed E-state index contributed by atoms with van der Waals surface area (Å²) in [5, 5.41) is 3.22. The maximum absolute atomic E-state index is 12.8. The van der Waals surface area contributed by atoms with E-state index >= 15 is 0 Å². The number of amides is 1. The molecule has 1 saturated heterocycles. The van der Waals surface area contributed by atoms with Crippen LogP contribution < -0.4 is 10.1 Å². The summed E-state index contributed by atoms with van der Waals surface area (Å²) in [6.07, 6.45) is -4.91. The minimum absolute atomic E-state index is 0.00215. The van der Waals surface area contributed by atoms with Crippen LogP contribution in [0.25, 0.3) is 0 Å². The van der Waals surface area contributed by atoms with Crippen molar-refractivity contribution in [1.29, 1.82) is 0 Å². The second kappa shape index (κ2) is 14.5. The lowest BCUT2D eigenvalue weighted by Crippen LogP contribution is -2.67. The summed E-state index contributed by atoms with van der Waals surface area (Å²) >= 11 is 5.95. The van der Waals surface area contributed by atoms with Crippen molar-refractivity contribution >= 4 is 41.4 Å². The molecule has 38 heavy (non-hydrogen) atoms. The Morgan fingerprint density at radius 1 is 0.921 bits per heavy atom. The van der Waals surface area contributed by atoms with Crippen LogP contribution in [0.1, 0.15) is 46.1 Å². The Balaban J connectivity index is 2.17. The predicted octanol–water partition coefficient (Wildman–Crippen LogP) is 2.01. The van der Waals surface area contributed by atoms with Crippen LogP contribution >= 0.6 is 11.6 Å². The molecule has 5 atom stereocenters. The number of hydrogen-bond acceptors (Lipinski definition) is 11. The Morgan fingerprint density at radius 2 is 1.55 bits per heavy atom. The van der Waals surface area contributed by atoms with Crippen molar-refractivity contribution in [3.05, 3.63) is 28.8 Å². The largest absolute Gasteiger partial charge is 0.493 e. The SMILES string of the molecule is CC(=O)OC[C@@H]1O[C@H](OC(C)=O)[C@H](NC(=O)CCCOc2ccc(Cl)cc2C)[C@H](OC(C)=O)[C@H]1OC(C)=O. The molecule has 0 unspecified atom stereocenters. The number of rotatable bonds is 11. The van der Waals surface area contributed by atoms with E-state index in [1.165, 1.54) is 0 Å². The minimum Gasteiger partial charge on any atom is -0.493 e. The summed E-state index contributed by atoms with van der Waals surface area (Å²) < 4.78 is 32.4. The van der Waals surface area contributed by atoms with Crippen LogP contribution in [0.15, 0.2) is 18.2 Å². The first-order chi connectivity index (χ1) is 17.9. The number of carbonyl (C=O) groups excluding carboxylic acids is 5. The Morgan fingerprint density at radius 3 is 2.13 bits per heavy atom. The highest BCUT2D eigenvalue weighted by atomic mass is 35.5. The fourth-order valence-electron chi connectivity index (χ4n) is 3.77. The third-order valence-electron chi connectivity index (χ3n) is 5.25. The van der Waals surface area contributed by atoms with Crippen LogP contribution in [-0.4, -0.2) is 73.6 Å². The smallest absolute Gasteiger partial charge is 0.305 e. The van der Waals surface area contributed by atoms with Gasteiger partial charge in [0, 0.05) is 39.1 Å². The molecule has 1 aliphatic rings. The molecule has 210 valence electrons. The lowest BCUT2D eigenvalue weighted by molar-refractivity contribution is -0.271. The van der Waals surface area contributed by atoms with E-state index in [4.69, 9.17) is 40.0 Å². The Hall–Kier alpha value is -3.38. The topological polar surface area (TPSA) is 153 Å². The maximum atomic E-state index is 12.8. The summed E-state index contributed by atoms with van der Waals surface area (Å²) in [5.74, 6) is -2.76. The van der Waals surface area contributed by atoms with E-state index in [2.05, 4.69) is 5.32 Å². The lowest BCUT2D eigenvalue weighted by atomic mass is 9.95. The highest BCUT2D eigenvalue weighted by Gasteiger charge is 2.52. The summed E-state index contributed by atoms with van der Waals surface area (Å²) in [6.45, 7) is 6.20. The molecule has 0 aliphatic carbocycles. The minimum atomic E-state index is -1.44. The molecule has 1 aromatic carbocycles. The van der Waals surface area contributed by atoms with Gasteiger partial charge in [0.25, 0.3) is 0 Å². The van der Waals surface area contributed by atoms with Crippen molar-refractivity contribution in [1.82, 2.24) is 5.32 Å². The number of carbonyl (C=O) groups is 5. The van der Waals surface area contributed by atoms with Crippen molar-refractivity contribution in [2.75, 3.05) is 13.2 Å². The molecule has 1 amide bonds. The maximum Gasteiger partial charge on any atom is 0.305 e. The second-order valence-electron chi connectivity index (χ2n) is 8.56. The predicted molar refractivity (Wildman–Crippen MR) is 131 cm³/mol. The molecule has 13 heteroatoms. The zero-order valence-electron chi connectivity index (χ0n) is 21.8. The average molecular weight is 558 g/mol. The number of halogens is 1. The van der Waals surface area contributed by atoms with Crippen LogP contribution in [0.5, 0.6) is 5.75 Å². The van der Waals surface area contributed by atoms with Gasteiger partial charge in [-0.15, -0.1) is 0 Å². The van der Waals surface area contributed by atoms with Crippen LogP contribution in [0.3, 0.4) is 0 Å². The van der Waals surface area contributed by atoms with Gasteiger partial charge in [-0.3, -0.25) is 24.0 Å². The molecule has 1 heterocycles. The lowest BCUT2D eigenvalue weighted by Gasteiger charge is -2.44. The van der Waals surface area contributed by atoms with Gasteiger partial charge in [-0.05, 0) is 37.1 Å². The Kier molecular flexibility index (Phi) is 11.8. The molecule has 1 fully saturated rings. The van der Waals surface area contributed by atoms with Crippen molar-refractivity contribution in [3.8, 4) is 5.75 Å². The van der Waals surface area contributed by atoms with Crippen molar-refractivity contribution < 1.29 is 52.4 Å². The molecule has 0 bridgehead atoms. The fourth-order valence-corrected chi connectivity index (χ4v) is 3.99. The first kappa shape index (κ1) is 30.8. The van der Waals surface area contributed by atoms with Gasteiger partial charge in [-0.1, -0.05) is 11.6 Å². The number of esters is 4. The van der Waals surface area contributed by atoms with E-state index in [0.717, 1.165) is 33.3 Å². The van der Waals surface area contributed by atoms with E-state index in [9.17, 15) is 24.0 Å². The summed E-state index contributed by atoms with van der Waals surface area (Å²) in [4.78, 5) is 59.7. The zero-order chi connectivity index (χ0) is 28.4. The first-order valence-electron chi connectivity index (χ1n) is 11.9. The van der Waals surface area contributed by atoms with Gasteiger partial charge in [-0.2, -0.15) is 0 Å². The molecule has 12 nitrogen and oxygen atoms in total. The third-order valence-corrected chi connectivity index (χ3v) is 5.49. The van der Waals surface area contributed by atoms with Gasteiger partial charge >= 0.3 is 23.9 Å². The highest BCUT2D eigenvalue weighted by Crippen LogP contribution is 2.28. The molecule has 0 aromatic heterocycles. The number of aryl methyl sites for hydroxylation is 1. The van der Waals surface area contributed by atoms with Gasteiger partial charge < -0.3 is 33.7 Å². The molecule has 2 rings (SSSR count). The average Bonchev–Trinajstić information content (AvgIpc) is 2.79. The highest BCUT2D eigenvalue weighted by molar-refractivity contribution is 6.30. The van der Waals surface area contributed by atoms with Crippen molar-refractivity contribution in [2.45, 2.75) is 78.1 Å². The monoisotopic (exact) mass is 557 g/mol. The van der Waals surface area contributed by atoms with Gasteiger partial charge in [0.05, 0.1) is 6.61 Å². The van der Waals surface area contributed by atoms with Gasteiger partial charge in [0.15, 0.2) is 12.2 Å². The van der Waals surface area contributed by atoms with Crippen LogP contribution in [0.4, 0.5) is 0 Å². The van der Waals surface area contributed by atoms with E-state index < -0.39 is 67.0 Å². The standard InChI is InChI=1S/C25H32ClNO11/c1-13-11-18(26)8-9-19(13)33-10-6-7-21(32)27-22-24(36-16(4)30)23(35-15(3)29)20(12-34-14(2)28)38-25(22)37-17(5)31/h8-9,11,20,22-25H,6-7,10,12H2,1-5H3,(H,27,32)/t20-,22+,23-,24-,25-/m0/s1. The third kappa shape index (κ3) is 9.82. The summed E-state index contributed by atoms with van der Waals surface area (Å²) in [6, 6.07) is 3.93. The fraction of sp³-hybridized carbons (Fsp3) is 0.560. The van der Waals surface area contributed by atoms with Crippen molar-refractivity contribution in [3.63, 3.8) is 0 Å². The van der Waals surface area contributed by atoms with E-state index in [1.54, 1.807) is 18.2 Å².